The van der Waals surface area contributed by atoms with Gasteiger partial charge in [-0.05, 0) is 31.4 Å². The van der Waals surface area contributed by atoms with Crippen LogP contribution >= 0.6 is 11.8 Å². The highest BCUT2D eigenvalue weighted by molar-refractivity contribution is 7.99. The van der Waals surface area contributed by atoms with Crippen molar-refractivity contribution in [2.24, 2.45) is 0 Å². The summed E-state index contributed by atoms with van der Waals surface area (Å²) in [4.78, 5) is 27.1. The van der Waals surface area contributed by atoms with Crippen molar-refractivity contribution in [1.82, 2.24) is 10.2 Å². The summed E-state index contributed by atoms with van der Waals surface area (Å²) in [5.41, 5.74) is 3.38. The molecule has 1 N–H and O–H groups in total. The molecule has 0 aliphatic carbocycles. The molecule has 2 aromatic carbocycles. The zero-order valence-corrected chi connectivity index (χ0v) is 17.8. The van der Waals surface area contributed by atoms with Crippen LogP contribution in [-0.2, 0) is 21.9 Å². The van der Waals surface area contributed by atoms with Gasteiger partial charge in [0.1, 0.15) is 6.04 Å². The van der Waals surface area contributed by atoms with Gasteiger partial charge in [-0.25, -0.2) is 0 Å². The molecule has 28 heavy (non-hydrogen) atoms. The standard InChI is InChI=1S/C23H30N2O2S/c1-4-13-24-23(27)19(3)25(15-21-12-8-9-18(2)14-21)22(26)17-28-16-20-10-6-5-7-11-20/h5-12,14,19H,4,13,15-17H2,1-3H3,(H,24,27)/t19-/m1/s1. The first-order chi connectivity index (χ1) is 13.5. The van der Waals surface area contributed by atoms with Gasteiger partial charge in [-0.1, -0.05) is 67.1 Å². The van der Waals surface area contributed by atoms with Crippen molar-refractivity contribution in [3.05, 3.63) is 71.3 Å². The SMILES string of the molecule is CCCNC(=O)[C@@H](C)N(Cc1cccc(C)c1)C(=O)CSCc1ccccc1. The number of nitrogens with one attached hydrogen (secondary N) is 1. The van der Waals surface area contributed by atoms with E-state index in [0.29, 0.717) is 18.8 Å². The molecule has 2 aromatic rings. The van der Waals surface area contributed by atoms with Crippen LogP contribution in [0.4, 0.5) is 0 Å². The number of hydrogen-bond donors (Lipinski definition) is 1. The molecule has 0 spiro atoms. The first-order valence-corrected chi connectivity index (χ1v) is 10.9. The Balaban J connectivity index is 2.04. The Morgan fingerprint density at radius 2 is 1.79 bits per heavy atom. The van der Waals surface area contributed by atoms with E-state index in [1.54, 1.807) is 23.6 Å². The van der Waals surface area contributed by atoms with Crippen LogP contribution in [-0.4, -0.2) is 35.1 Å². The van der Waals surface area contributed by atoms with E-state index in [9.17, 15) is 9.59 Å². The van der Waals surface area contributed by atoms with Crippen molar-refractivity contribution < 1.29 is 9.59 Å². The lowest BCUT2D eigenvalue weighted by atomic mass is 10.1. The summed E-state index contributed by atoms with van der Waals surface area (Å²) in [5, 5.41) is 2.91. The number of carbonyl (C=O) groups excluding carboxylic acids is 2. The number of amides is 2. The lowest BCUT2D eigenvalue weighted by Gasteiger charge is -2.29. The number of hydrogen-bond acceptors (Lipinski definition) is 3. The van der Waals surface area contributed by atoms with Gasteiger partial charge < -0.3 is 10.2 Å². The highest BCUT2D eigenvalue weighted by Crippen LogP contribution is 2.16. The first kappa shape index (κ1) is 22.0. The predicted molar refractivity (Wildman–Crippen MR) is 117 cm³/mol. The number of aryl methyl sites for hydroxylation is 1. The molecule has 0 saturated carbocycles. The molecule has 1 atom stereocenters. The Bertz CT molecular complexity index is 764. The number of carbonyl (C=O) groups is 2. The minimum absolute atomic E-state index is 0.0124. The fraction of sp³-hybridized carbons (Fsp3) is 0.391. The lowest BCUT2D eigenvalue weighted by Crippen LogP contribution is -2.48. The quantitative estimate of drug-likeness (QED) is 0.653. The van der Waals surface area contributed by atoms with Crippen molar-refractivity contribution in [2.75, 3.05) is 12.3 Å². The Morgan fingerprint density at radius 1 is 1.07 bits per heavy atom. The summed E-state index contributed by atoms with van der Waals surface area (Å²) in [5.74, 6) is 1.02. The minimum Gasteiger partial charge on any atom is -0.354 e. The molecule has 0 radical (unpaired) electrons. The maximum absolute atomic E-state index is 13.0. The van der Waals surface area contributed by atoms with Gasteiger partial charge in [-0.2, -0.15) is 0 Å². The van der Waals surface area contributed by atoms with Gasteiger partial charge in [0.05, 0.1) is 5.75 Å². The third kappa shape index (κ3) is 7.04. The molecule has 0 aliphatic heterocycles. The van der Waals surface area contributed by atoms with E-state index < -0.39 is 6.04 Å². The maximum Gasteiger partial charge on any atom is 0.242 e. The average molecular weight is 399 g/mol. The van der Waals surface area contributed by atoms with Crippen molar-refractivity contribution in [3.8, 4) is 0 Å². The average Bonchev–Trinajstić information content (AvgIpc) is 2.70. The molecular weight excluding hydrogens is 368 g/mol. The molecule has 0 bridgehead atoms. The monoisotopic (exact) mass is 398 g/mol. The van der Waals surface area contributed by atoms with Crippen LogP contribution in [0.5, 0.6) is 0 Å². The molecule has 0 aliphatic rings. The van der Waals surface area contributed by atoms with Crippen LogP contribution in [0.2, 0.25) is 0 Å². The van der Waals surface area contributed by atoms with Gasteiger partial charge in [0.25, 0.3) is 0 Å². The smallest absolute Gasteiger partial charge is 0.242 e. The number of rotatable bonds is 10. The van der Waals surface area contributed by atoms with Crippen LogP contribution in [0.25, 0.3) is 0 Å². The van der Waals surface area contributed by atoms with Gasteiger partial charge >= 0.3 is 0 Å². The normalized spacial score (nSPS) is 11.7. The molecule has 0 heterocycles. The van der Waals surface area contributed by atoms with Crippen molar-refractivity contribution in [2.45, 2.75) is 45.5 Å². The lowest BCUT2D eigenvalue weighted by molar-refractivity contribution is -0.138. The van der Waals surface area contributed by atoms with E-state index in [4.69, 9.17) is 0 Å². The minimum atomic E-state index is -0.503. The topological polar surface area (TPSA) is 49.4 Å². The molecular formula is C23H30N2O2S. The van der Waals surface area contributed by atoms with Crippen LogP contribution in [0.15, 0.2) is 54.6 Å². The number of nitrogens with zero attached hydrogens (tertiary/aromatic N) is 1. The summed E-state index contributed by atoms with van der Waals surface area (Å²) in [6, 6.07) is 17.7. The zero-order valence-electron chi connectivity index (χ0n) is 17.0. The maximum atomic E-state index is 13.0. The van der Waals surface area contributed by atoms with Crippen LogP contribution < -0.4 is 5.32 Å². The van der Waals surface area contributed by atoms with E-state index in [1.165, 1.54) is 5.56 Å². The van der Waals surface area contributed by atoms with Crippen molar-refractivity contribution in [3.63, 3.8) is 0 Å². The molecule has 0 saturated heterocycles. The molecule has 2 amide bonds. The molecule has 150 valence electrons. The Morgan fingerprint density at radius 3 is 2.46 bits per heavy atom. The highest BCUT2D eigenvalue weighted by atomic mass is 32.2. The van der Waals surface area contributed by atoms with Crippen LogP contribution in [0.3, 0.4) is 0 Å². The van der Waals surface area contributed by atoms with Crippen molar-refractivity contribution >= 4 is 23.6 Å². The van der Waals surface area contributed by atoms with Gasteiger partial charge in [-0.3, -0.25) is 9.59 Å². The molecule has 0 aromatic heterocycles. The van der Waals surface area contributed by atoms with Crippen LogP contribution in [0.1, 0.15) is 37.0 Å². The van der Waals surface area contributed by atoms with E-state index >= 15 is 0 Å². The van der Waals surface area contributed by atoms with Crippen LogP contribution in [0, 0.1) is 6.92 Å². The summed E-state index contributed by atoms with van der Waals surface area (Å²) < 4.78 is 0. The summed E-state index contributed by atoms with van der Waals surface area (Å²) in [6.45, 7) is 6.91. The second-order valence-corrected chi connectivity index (χ2v) is 7.94. The zero-order chi connectivity index (χ0) is 20.4. The molecule has 0 fully saturated rings. The van der Waals surface area contributed by atoms with Gasteiger partial charge in [0, 0.05) is 18.8 Å². The molecule has 0 unspecified atom stereocenters. The number of benzene rings is 2. The first-order valence-electron chi connectivity index (χ1n) is 9.75. The van der Waals surface area contributed by atoms with Gasteiger partial charge in [0.2, 0.25) is 11.8 Å². The Kier molecular flexibility index (Phi) is 9.08. The van der Waals surface area contributed by atoms with Gasteiger partial charge in [-0.15, -0.1) is 11.8 Å². The van der Waals surface area contributed by atoms with Gasteiger partial charge in [0.15, 0.2) is 0 Å². The third-order valence-corrected chi connectivity index (χ3v) is 5.48. The van der Waals surface area contributed by atoms with E-state index in [2.05, 4.69) is 23.5 Å². The largest absolute Gasteiger partial charge is 0.354 e. The third-order valence-electron chi connectivity index (χ3n) is 4.49. The summed E-state index contributed by atoms with van der Waals surface area (Å²) >= 11 is 1.58. The molecule has 4 nitrogen and oxygen atoms in total. The predicted octanol–water partition coefficient (Wildman–Crippen LogP) is 4.17. The Labute approximate surface area is 172 Å². The second kappa shape index (κ2) is 11.5. The molecule has 2 rings (SSSR count). The van der Waals surface area contributed by atoms with E-state index in [1.807, 2.05) is 50.2 Å². The summed E-state index contributed by atoms with van der Waals surface area (Å²) in [6.07, 6.45) is 0.872. The van der Waals surface area contributed by atoms with Crippen molar-refractivity contribution in [1.29, 1.82) is 0 Å². The van der Waals surface area contributed by atoms with E-state index in [0.717, 1.165) is 23.3 Å². The second-order valence-electron chi connectivity index (χ2n) is 6.96. The highest BCUT2D eigenvalue weighted by Gasteiger charge is 2.25. The Hall–Kier alpha value is -2.27. The van der Waals surface area contributed by atoms with E-state index in [-0.39, 0.29) is 11.8 Å². The number of thioether (sulfide) groups is 1. The molecule has 5 heteroatoms. The fourth-order valence-electron chi connectivity index (χ4n) is 2.90. The summed E-state index contributed by atoms with van der Waals surface area (Å²) in [7, 11) is 0. The fourth-order valence-corrected chi connectivity index (χ4v) is 3.77.